The number of rotatable bonds is 4. The minimum Gasteiger partial charge on any atom is -0.141 e. The van der Waals surface area contributed by atoms with Crippen molar-refractivity contribution in [2.24, 2.45) is 0 Å². The summed E-state index contributed by atoms with van der Waals surface area (Å²) in [5, 5.41) is 2.17. The van der Waals surface area contributed by atoms with Crippen LogP contribution in [0.4, 0.5) is 0 Å². The Bertz CT molecular complexity index is 1020. The normalized spacial score (nSPS) is 11.0. The van der Waals surface area contributed by atoms with Crippen LogP contribution in [0.3, 0.4) is 0 Å². The summed E-state index contributed by atoms with van der Waals surface area (Å²) in [6.45, 7) is 2.25. The molecule has 0 aliphatic rings. The molecule has 0 atom stereocenters. The largest absolute Gasteiger partial charge is 0.141 e. The summed E-state index contributed by atoms with van der Waals surface area (Å²) in [6, 6.07) is 13.2. The SMILES string of the molecule is CCCCCc1ccc(C#Cc2cc3sc4ccsc4c3s2)cc1. The number of thiophene rings is 3. The molecule has 0 unspecified atom stereocenters. The Morgan fingerprint density at radius 3 is 2.58 bits per heavy atom. The highest BCUT2D eigenvalue weighted by atomic mass is 32.1. The quantitative estimate of drug-likeness (QED) is 0.262. The fraction of sp³-hybridized carbons (Fsp3) is 0.238. The van der Waals surface area contributed by atoms with Crippen molar-refractivity contribution >= 4 is 52.8 Å². The second kappa shape index (κ2) is 7.11. The van der Waals surface area contributed by atoms with Crippen molar-refractivity contribution in [2.75, 3.05) is 0 Å². The Morgan fingerprint density at radius 1 is 0.875 bits per heavy atom. The summed E-state index contributed by atoms with van der Waals surface area (Å²) >= 11 is 5.53. The first kappa shape index (κ1) is 15.9. The maximum Gasteiger partial charge on any atom is 0.0793 e. The molecule has 0 nitrogen and oxygen atoms in total. The fourth-order valence-electron chi connectivity index (χ4n) is 2.80. The number of aryl methyl sites for hydroxylation is 1. The third-order valence-electron chi connectivity index (χ3n) is 4.11. The lowest BCUT2D eigenvalue weighted by molar-refractivity contribution is 0.717. The Hall–Kier alpha value is -1.60. The number of benzene rings is 1. The summed E-state index contributed by atoms with van der Waals surface area (Å²) in [6.07, 6.45) is 5.05. The van der Waals surface area contributed by atoms with Gasteiger partial charge in [-0.05, 0) is 48.1 Å². The standard InChI is InChI=1S/C21H18S3/c1-2-3-4-5-15-6-8-16(9-7-15)10-11-17-14-19-21(23-17)20-18(24-19)12-13-22-20/h6-9,12-14H,2-5H2,1H3. The van der Waals surface area contributed by atoms with Crippen molar-refractivity contribution in [3.05, 3.63) is 57.8 Å². The molecule has 0 bridgehead atoms. The number of hydrogen-bond acceptors (Lipinski definition) is 3. The molecule has 120 valence electrons. The smallest absolute Gasteiger partial charge is 0.0793 e. The van der Waals surface area contributed by atoms with Gasteiger partial charge in [-0.1, -0.05) is 43.7 Å². The van der Waals surface area contributed by atoms with Crippen LogP contribution >= 0.6 is 34.0 Å². The minimum atomic E-state index is 1.10. The molecule has 0 fully saturated rings. The van der Waals surface area contributed by atoms with E-state index in [-0.39, 0.29) is 0 Å². The Morgan fingerprint density at radius 2 is 1.75 bits per heavy atom. The third-order valence-corrected chi connectivity index (χ3v) is 7.60. The Labute approximate surface area is 154 Å². The zero-order valence-corrected chi connectivity index (χ0v) is 16.0. The fourth-order valence-corrected chi connectivity index (χ4v) is 6.42. The van der Waals surface area contributed by atoms with Crippen LogP contribution in [0.1, 0.15) is 42.2 Å². The molecule has 1 aromatic carbocycles. The molecule has 0 radical (unpaired) electrons. The van der Waals surface area contributed by atoms with Crippen LogP contribution in [0.5, 0.6) is 0 Å². The van der Waals surface area contributed by atoms with Gasteiger partial charge in [0.15, 0.2) is 0 Å². The molecule has 3 heteroatoms. The van der Waals surface area contributed by atoms with E-state index in [4.69, 9.17) is 0 Å². The molecule has 0 saturated carbocycles. The van der Waals surface area contributed by atoms with Crippen LogP contribution < -0.4 is 0 Å². The molecule has 0 N–H and O–H groups in total. The summed E-state index contributed by atoms with van der Waals surface area (Å²) in [5.41, 5.74) is 2.53. The van der Waals surface area contributed by atoms with Gasteiger partial charge in [-0.15, -0.1) is 34.0 Å². The topological polar surface area (TPSA) is 0 Å². The molecule has 24 heavy (non-hydrogen) atoms. The van der Waals surface area contributed by atoms with Gasteiger partial charge in [-0.25, -0.2) is 0 Å². The van der Waals surface area contributed by atoms with Crippen molar-refractivity contribution in [3.8, 4) is 11.8 Å². The van der Waals surface area contributed by atoms with Gasteiger partial charge in [-0.3, -0.25) is 0 Å². The zero-order chi connectivity index (χ0) is 16.4. The Kier molecular flexibility index (Phi) is 4.71. The lowest BCUT2D eigenvalue weighted by atomic mass is 10.1. The van der Waals surface area contributed by atoms with E-state index in [0.717, 1.165) is 5.56 Å². The summed E-state index contributed by atoms with van der Waals surface area (Å²) in [7, 11) is 0. The van der Waals surface area contributed by atoms with Crippen molar-refractivity contribution in [3.63, 3.8) is 0 Å². The van der Waals surface area contributed by atoms with E-state index in [1.165, 1.54) is 54.9 Å². The molecule has 0 amide bonds. The first-order chi connectivity index (χ1) is 11.8. The molecular weight excluding hydrogens is 348 g/mol. The van der Waals surface area contributed by atoms with Crippen LogP contribution in [-0.4, -0.2) is 0 Å². The predicted octanol–water partition coefficient (Wildman–Crippen LogP) is 7.31. The molecule has 4 rings (SSSR count). The van der Waals surface area contributed by atoms with Crippen LogP contribution in [0.2, 0.25) is 0 Å². The lowest BCUT2D eigenvalue weighted by Gasteiger charge is -2.00. The van der Waals surface area contributed by atoms with E-state index in [0.29, 0.717) is 0 Å². The van der Waals surface area contributed by atoms with Crippen LogP contribution in [0.25, 0.3) is 18.8 Å². The van der Waals surface area contributed by atoms with Crippen molar-refractivity contribution in [1.29, 1.82) is 0 Å². The van der Waals surface area contributed by atoms with E-state index in [1.54, 1.807) is 0 Å². The van der Waals surface area contributed by atoms with Crippen LogP contribution in [-0.2, 0) is 6.42 Å². The van der Waals surface area contributed by atoms with Gasteiger partial charge in [0.2, 0.25) is 0 Å². The maximum absolute atomic E-state index is 3.34. The van der Waals surface area contributed by atoms with Crippen molar-refractivity contribution in [1.82, 2.24) is 0 Å². The third kappa shape index (κ3) is 3.28. The molecule has 0 saturated heterocycles. The second-order valence-electron chi connectivity index (χ2n) is 5.92. The van der Waals surface area contributed by atoms with E-state index in [2.05, 4.69) is 60.5 Å². The minimum absolute atomic E-state index is 1.10. The van der Waals surface area contributed by atoms with Crippen molar-refractivity contribution in [2.45, 2.75) is 32.6 Å². The van der Waals surface area contributed by atoms with E-state index in [1.807, 2.05) is 34.0 Å². The first-order valence-electron chi connectivity index (χ1n) is 8.34. The monoisotopic (exact) mass is 366 g/mol. The average molecular weight is 367 g/mol. The highest BCUT2D eigenvalue weighted by Gasteiger charge is 2.09. The molecule has 4 aromatic rings. The van der Waals surface area contributed by atoms with Gasteiger partial charge in [0.05, 0.1) is 14.3 Å². The molecule has 0 aliphatic carbocycles. The molecule has 3 heterocycles. The highest BCUT2D eigenvalue weighted by Crippen LogP contribution is 2.41. The van der Waals surface area contributed by atoms with Crippen LogP contribution in [0, 0.1) is 11.8 Å². The summed E-state index contributed by atoms with van der Waals surface area (Å²) in [5.74, 6) is 6.66. The number of hydrogen-bond donors (Lipinski definition) is 0. The van der Waals surface area contributed by atoms with Gasteiger partial charge >= 0.3 is 0 Å². The van der Waals surface area contributed by atoms with E-state index < -0.39 is 0 Å². The second-order valence-corrected chi connectivity index (χ2v) is 8.98. The molecular formula is C21H18S3. The highest BCUT2D eigenvalue weighted by molar-refractivity contribution is 7.38. The molecule has 3 aromatic heterocycles. The molecule has 0 spiro atoms. The van der Waals surface area contributed by atoms with Gasteiger partial charge in [0, 0.05) is 15.0 Å². The van der Waals surface area contributed by atoms with Gasteiger partial charge < -0.3 is 0 Å². The first-order valence-corrected chi connectivity index (χ1v) is 10.9. The molecule has 0 aliphatic heterocycles. The predicted molar refractivity (Wildman–Crippen MR) is 111 cm³/mol. The summed E-state index contributed by atoms with van der Waals surface area (Å²) in [4.78, 5) is 1.17. The summed E-state index contributed by atoms with van der Waals surface area (Å²) < 4.78 is 5.60. The van der Waals surface area contributed by atoms with Gasteiger partial charge in [-0.2, -0.15) is 0 Å². The lowest BCUT2D eigenvalue weighted by Crippen LogP contribution is -1.85. The van der Waals surface area contributed by atoms with E-state index in [9.17, 15) is 0 Å². The van der Waals surface area contributed by atoms with Crippen molar-refractivity contribution < 1.29 is 0 Å². The average Bonchev–Trinajstić information content (AvgIpc) is 3.26. The zero-order valence-electron chi connectivity index (χ0n) is 13.6. The Balaban J connectivity index is 1.51. The van der Waals surface area contributed by atoms with Crippen LogP contribution in [0.15, 0.2) is 41.8 Å². The number of unbranched alkanes of at least 4 members (excludes halogenated alkanes) is 2. The maximum atomic E-state index is 3.34. The van der Waals surface area contributed by atoms with Gasteiger partial charge in [0.1, 0.15) is 0 Å². The van der Waals surface area contributed by atoms with E-state index >= 15 is 0 Å². The van der Waals surface area contributed by atoms with Gasteiger partial charge in [0.25, 0.3) is 0 Å². The number of fused-ring (bicyclic) bond motifs is 3.